The van der Waals surface area contributed by atoms with E-state index in [0.717, 1.165) is 6.54 Å². The van der Waals surface area contributed by atoms with Crippen molar-refractivity contribution in [3.63, 3.8) is 0 Å². The quantitative estimate of drug-likeness (QED) is 0.541. The van der Waals surface area contributed by atoms with Crippen molar-refractivity contribution in [2.75, 3.05) is 33.7 Å². The van der Waals surface area contributed by atoms with Crippen LogP contribution in [0.3, 0.4) is 0 Å². The van der Waals surface area contributed by atoms with Gasteiger partial charge in [-0.05, 0) is 20.5 Å². The number of likely N-dealkylation sites (N-methyl/N-ethyl adjacent to an activating group) is 1. The molecule has 7 heteroatoms. The minimum absolute atomic E-state index is 0.0819. The number of nitrogens with zero attached hydrogens (tertiary/aromatic N) is 2. The lowest BCUT2D eigenvalue weighted by Gasteiger charge is -2.25. The standard InChI is InChI=1S/C10H20N4O3/c1-13(2)4-7-3-8(15)5-14(7)6-9(16)12-10(11)17/h7-8,15H,3-6H2,1-2H3,(H3,11,12,16,17). The Morgan fingerprint density at radius 1 is 1.53 bits per heavy atom. The molecule has 17 heavy (non-hydrogen) atoms. The average molecular weight is 244 g/mol. The topological polar surface area (TPSA) is 98.9 Å². The molecule has 4 N–H and O–H groups in total. The maximum Gasteiger partial charge on any atom is 0.318 e. The van der Waals surface area contributed by atoms with Gasteiger partial charge in [-0.2, -0.15) is 0 Å². The minimum atomic E-state index is -0.848. The van der Waals surface area contributed by atoms with Gasteiger partial charge in [-0.15, -0.1) is 0 Å². The number of urea groups is 1. The molecule has 0 radical (unpaired) electrons. The number of aliphatic hydroxyl groups is 1. The highest BCUT2D eigenvalue weighted by Crippen LogP contribution is 2.17. The van der Waals surface area contributed by atoms with E-state index in [1.807, 2.05) is 29.2 Å². The number of imide groups is 1. The van der Waals surface area contributed by atoms with Crippen molar-refractivity contribution < 1.29 is 14.7 Å². The zero-order valence-electron chi connectivity index (χ0n) is 10.2. The highest BCUT2D eigenvalue weighted by Gasteiger charge is 2.32. The van der Waals surface area contributed by atoms with Crippen LogP contribution >= 0.6 is 0 Å². The van der Waals surface area contributed by atoms with Gasteiger partial charge in [0, 0.05) is 19.1 Å². The van der Waals surface area contributed by atoms with Crippen LogP contribution in [0.5, 0.6) is 0 Å². The van der Waals surface area contributed by atoms with Gasteiger partial charge in [-0.25, -0.2) is 4.79 Å². The normalized spacial score (nSPS) is 25.2. The Morgan fingerprint density at radius 2 is 2.18 bits per heavy atom. The summed E-state index contributed by atoms with van der Waals surface area (Å²) in [5.41, 5.74) is 4.86. The molecular weight excluding hydrogens is 224 g/mol. The summed E-state index contributed by atoms with van der Waals surface area (Å²) < 4.78 is 0. The predicted octanol–water partition coefficient (Wildman–Crippen LogP) is -1.82. The van der Waals surface area contributed by atoms with Gasteiger partial charge in [-0.3, -0.25) is 15.0 Å². The zero-order chi connectivity index (χ0) is 13.0. The van der Waals surface area contributed by atoms with E-state index in [1.54, 1.807) is 0 Å². The molecule has 0 spiro atoms. The lowest BCUT2D eigenvalue weighted by Crippen LogP contribution is -2.46. The van der Waals surface area contributed by atoms with Gasteiger partial charge in [0.1, 0.15) is 0 Å². The fourth-order valence-corrected chi connectivity index (χ4v) is 2.12. The SMILES string of the molecule is CN(C)CC1CC(O)CN1CC(=O)NC(N)=O. The molecule has 1 aliphatic rings. The van der Waals surface area contributed by atoms with Crippen LogP contribution in [0, 0.1) is 0 Å². The molecule has 0 saturated carbocycles. The molecule has 1 aliphatic heterocycles. The number of β-amino-alcohol motifs (C(OH)–C–C–N with tert-alkyl or cyclic N) is 1. The summed E-state index contributed by atoms with van der Waals surface area (Å²) in [6.45, 7) is 1.30. The molecule has 2 atom stereocenters. The third kappa shape index (κ3) is 4.68. The molecule has 1 heterocycles. The van der Waals surface area contributed by atoms with Crippen LogP contribution in [0.4, 0.5) is 4.79 Å². The lowest BCUT2D eigenvalue weighted by atomic mass is 10.2. The second-order valence-electron chi connectivity index (χ2n) is 4.65. The van der Waals surface area contributed by atoms with E-state index in [1.165, 1.54) is 0 Å². The summed E-state index contributed by atoms with van der Waals surface area (Å²) in [5, 5.41) is 11.6. The molecular formula is C10H20N4O3. The molecule has 1 saturated heterocycles. The van der Waals surface area contributed by atoms with Gasteiger partial charge in [0.2, 0.25) is 5.91 Å². The highest BCUT2D eigenvalue weighted by atomic mass is 16.3. The average Bonchev–Trinajstić information content (AvgIpc) is 2.43. The van der Waals surface area contributed by atoms with Crippen LogP contribution < -0.4 is 11.1 Å². The summed E-state index contributed by atoms with van der Waals surface area (Å²) in [6.07, 6.45) is 0.225. The Hall–Kier alpha value is -1.18. The van der Waals surface area contributed by atoms with Crippen molar-refractivity contribution in [3.05, 3.63) is 0 Å². The molecule has 0 aliphatic carbocycles. The first-order valence-corrected chi connectivity index (χ1v) is 5.54. The Morgan fingerprint density at radius 3 is 2.71 bits per heavy atom. The van der Waals surface area contributed by atoms with Gasteiger partial charge in [-0.1, -0.05) is 0 Å². The number of likely N-dealkylation sites (tertiary alicyclic amines) is 1. The van der Waals surface area contributed by atoms with Crippen molar-refractivity contribution in [2.24, 2.45) is 5.73 Å². The van der Waals surface area contributed by atoms with E-state index >= 15 is 0 Å². The van der Waals surface area contributed by atoms with Crippen LogP contribution in [-0.4, -0.2) is 72.7 Å². The Kier molecular flexibility index (Phi) is 4.86. The van der Waals surface area contributed by atoms with Crippen molar-refractivity contribution in [2.45, 2.75) is 18.6 Å². The van der Waals surface area contributed by atoms with Gasteiger partial charge >= 0.3 is 6.03 Å². The molecule has 0 aromatic carbocycles. The Balaban J connectivity index is 2.49. The van der Waals surface area contributed by atoms with E-state index in [4.69, 9.17) is 5.73 Å². The van der Waals surface area contributed by atoms with Crippen LogP contribution in [-0.2, 0) is 4.79 Å². The summed E-state index contributed by atoms with van der Waals surface area (Å²) in [6, 6.07) is -0.725. The molecule has 7 nitrogen and oxygen atoms in total. The van der Waals surface area contributed by atoms with Gasteiger partial charge in [0.15, 0.2) is 0 Å². The number of nitrogens with two attached hydrogens (primary N) is 1. The second kappa shape index (κ2) is 5.95. The maximum absolute atomic E-state index is 11.4. The van der Waals surface area contributed by atoms with Gasteiger partial charge in [0.05, 0.1) is 12.6 Å². The number of primary amides is 1. The lowest BCUT2D eigenvalue weighted by molar-refractivity contribution is -0.121. The number of rotatable bonds is 4. The van der Waals surface area contributed by atoms with Crippen molar-refractivity contribution in [1.82, 2.24) is 15.1 Å². The first kappa shape index (κ1) is 13.9. The second-order valence-corrected chi connectivity index (χ2v) is 4.65. The number of hydrogen-bond donors (Lipinski definition) is 3. The van der Waals surface area contributed by atoms with Crippen LogP contribution in [0.1, 0.15) is 6.42 Å². The Labute approximate surface area is 101 Å². The highest BCUT2D eigenvalue weighted by molar-refractivity contribution is 5.94. The smallest absolute Gasteiger partial charge is 0.318 e. The number of hydrogen-bond acceptors (Lipinski definition) is 5. The van der Waals surface area contributed by atoms with E-state index in [0.29, 0.717) is 13.0 Å². The van der Waals surface area contributed by atoms with Crippen LogP contribution in [0.2, 0.25) is 0 Å². The predicted molar refractivity (Wildman–Crippen MR) is 62.3 cm³/mol. The fraction of sp³-hybridized carbons (Fsp3) is 0.800. The van der Waals surface area contributed by atoms with E-state index < -0.39 is 18.0 Å². The number of nitrogens with one attached hydrogen (secondary N) is 1. The first-order chi connectivity index (χ1) is 7.88. The molecule has 0 bridgehead atoms. The van der Waals surface area contributed by atoms with E-state index in [2.05, 4.69) is 0 Å². The fourth-order valence-electron chi connectivity index (χ4n) is 2.12. The van der Waals surface area contributed by atoms with Crippen molar-refractivity contribution in [1.29, 1.82) is 0 Å². The molecule has 0 aromatic rings. The van der Waals surface area contributed by atoms with E-state index in [9.17, 15) is 14.7 Å². The van der Waals surface area contributed by atoms with Crippen molar-refractivity contribution >= 4 is 11.9 Å². The summed E-state index contributed by atoms with van der Waals surface area (Å²) in [4.78, 5) is 25.8. The third-order valence-electron chi connectivity index (χ3n) is 2.69. The maximum atomic E-state index is 11.4. The van der Waals surface area contributed by atoms with Crippen LogP contribution in [0.15, 0.2) is 0 Å². The number of carbonyl (C=O) groups excluding carboxylic acids is 2. The third-order valence-corrected chi connectivity index (χ3v) is 2.69. The summed E-state index contributed by atoms with van der Waals surface area (Å²) in [5.74, 6) is -0.435. The zero-order valence-corrected chi connectivity index (χ0v) is 10.2. The number of carbonyl (C=O) groups is 2. The monoisotopic (exact) mass is 244 g/mol. The number of aliphatic hydroxyl groups excluding tert-OH is 1. The van der Waals surface area contributed by atoms with E-state index in [-0.39, 0.29) is 12.6 Å². The van der Waals surface area contributed by atoms with Crippen LogP contribution in [0.25, 0.3) is 0 Å². The summed E-state index contributed by atoms with van der Waals surface area (Å²) in [7, 11) is 3.87. The minimum Gasteiger partial charge on any atom is -0.392 e. The Bertz CT molecular complexity index is 295. The molecule has 98 valence electrons. The van der Waals surface area contributed by atoms with Gasteiger partial charge in [0.25, 0.3) is 0 Å². The first-order valence-electron chi connectivity index (χ1n) is 5.54. The molecule has 3 amide bonds. The largest absolute Gasteiger partial charge is 0.392 e. The van der Waals surface area contributed by atoms with Crippen molar-refractivity contribution in [3.8, 4) is 0 Å². The number of amides is 3. The molecule has 1 fully saturated rings. The molecule has 1 rings (SSSR count). The van der Waals surface area contributed by atoms with Gasteiger partial charge < -0.3 is 15.7 Å². The molecule has 0 aromatic heterocycles. The molecule has 2 unspecified atom stereocenters. The summed E-state index contributed by atoms with van der Waals surface area (Å²) >= 11 is 0.